The Morgan fingerprint density at radius 1 is 1.00 bits per heavy atom. The van der Waals surface area contributed by atoms with Gasteiger partial charge in [-0.1, -0.05) is 71.7 Å². The highest BCUT2D eigenvalue weighted by Crippen LogP contribution is 2.31. The van der Waals surface area contributed by atoms with Crippen LogP contribution in [0.4, 0.5) is 10.1 Å². The summed E-state index contributed by atoms with van der Waals surface area (Å²) < 4.78 is 41.1. The topological polar surface area (TPSA) is 86.8 Å². The second kappa shape index (κ2) is 13.1. The van der Waals surface area contributed by atoms with E-state index in [-0.39, 0.29) is 34.3 Å². The molecular weight excluding hydrogens is 552 g/mol. The maximum atomic E-state index is 14.7. The van der Waals surface area contributed by atoms with Crippen LogP contribution in [0.5, 0.6) is 0 Å². The molecule has 0 saturated carbocycles. The zero-order valence-electron chi connectivity index (χ0n) is 20.9. The summed E-state index contributed by atoms with van der Waals surface area (Å²) in [5, 5.41) is 3.02. The SMILES string of the molecule is CCNC(=O)[C@@H](Cc1ccccc1)N(Cc1ccccc1F)C(=O)CN(c1cc(Cl)ccc1Cl)S(C)(=O)=O. The molecule has 0 unspecified atom stereocenters. The second-order valence-electron chi connectivity index (χ2n) is 8.58. The number of hydrogen-bond donors (Lipinski definition) is 1. The number of likely N-dealkylation sites (N-methyl/N-ethyl adjacent to an activating group) is 1. The molecule has 0 aliphatic rings. The van der Waals surface area contributed by atoms with Gasteiger partial charge in [-0.3, -0.25) is 13.9 Å². The fourth-order valence-electron chi connectivity index (χ4n) is 3.93. The molecule has 38 heavy (non-hydrogen) atoms. The summed E-state index contributed by atoms with van der Waals surface area (Å²) in [5.41, 5.74) is 0.960. The molecule has 3 aromatic carbocycles. The number of carbonyl (C=O) groups is 2. The summed E-state index contributed by atoms with van der Waals surface area (Å²) in [6.45, 7) is 1.10. The monoisotopic (exact) mass is 579 g/mol. The summed E-state index contributed by atoms with van der Waals surface area (Å²) in [6, 6.07) is 18.2. The van der Waals surface area contributed by atoms with E-state index >= 15 is 0 Å². The van der Waals surface area contributed by atoms with Gasteiger partial charge in [0.05, 0.1) is 17.0 Å². The standard InChI is InChI=1S/C27H28Cl2FN3O4S/c1-3-31-27(35)25(15-19-9-5-4-6-10-19)32(17-20-11-7-8-12-23(20)30)26(34)18-33(38(2,36)37)24-16-21(28)13-14-22(24)29/h4-14,16,25H,3,15,17-18H2,1-2H3,(H,31,35)/t25-/m1/s1. The normalized spacial score (nSPS) is 12.0. The number of carbonyl (C=O) groups excluding carboxylic acids is 2. The van der Waals surface area contributed by atoms with E-state index in [2.05, 4.69) is 5.32 Å². The quantitative estimate of drug-likeness (QED) is 0.357. The molecule has 202 valence electrons. The molecule has 1 N–H and O–H groups in total. The van der Waals surface area contributed by atoms with Crippen LogP contribution in [0, 0.1) is 5.82 Å². The van der Waals surface area contributed by atoms with Crippen molar-refractivity contribution in [2.45, 2.75) is 25.9 Å². The third-order valence-corrected chi connectivity index (χ3v) is 7.46. The van der Waals surface area contributed by atoms with Gasteiger partial charge in [0.15, 0.2) is 0 Å². The number of sulfonamides is 1. The fraction of sp³-hybridized carbons (Fsp3) is 0.259. The van der Waals surface area contributed by atoms with Gasteiger partial charge in [0, 0.05) is 30.1 Å². The first-order valence-corrected chi connectivity index (χ1v) is 14.4. The van der Waals surface area contributed by atoms with Gasteiger partial charge in [-0.15, -0.1) is 0 Å². The number of hydrogen-bond acceptors (Lipinski definition) is 4. The second-order valence-corrected chi connectivity index (χ2v) is 11.3. The van der Waals surface area contributed by atoms with Gasteiger partial charge in [0.25, 0.3) is 0 Å². The number of nitrogens with zero attached hydrogens (tertiary/aromatic N) is 2. The molecule has 11 heteroatoms. The van der Waals surface area contributed by atoms with Gasteiger partial charge in [-0.2, -0.15) is 0 Å². The minimum absolute atomic E-state index is 0.0125. The first-order chi connectivity index (χ1) is 18.0. The molecular formula is C27H28Cl2FN3O4S. The maximum Gasteiger partial charge on any atom is 0.244 e. The van der Waals surface area contributed by atoms with Crippen molar-refractivity contribution in [1.82, 2.24) is 10.2 Å². The molecule has 0 heterocycles. The molecule has 1 atom stereocenters. The summed E-state index contributed by atoms with van der Waals surface area (Å²) in [7, 11) is -4.01. The molecule has 7 nitrogen and oxygen atoms in total. The van der Waals surface area contributed by atoms with Gasteiger partial charge in [-0.25, -0.2) is 12.8 Å². The van der Waals surface area contributed by atoms with E-state index < -0.39 is 40.2 Å². The van der Waals surface area contributed by atoms with Gasteiger partial charge >= 0.3 is 0 Å². The molecule has 0 spiro atoms. The molecule has 0 bridgehead atoms. The van der Waals surface area contributed by atoms with Crippen molar-refractivity contribution in [2.24, 2.45) is 0 Å². The van der Waals surface area contributed by atoms with E-state index in [1.54, 1.807) is 25.1 Å². The van der Waals surface area contributed by atoms with Crippen molar-refractivity contribution in [2.75, 3.05) is 23.7 Å². The van der Waals surface area contributed by atoms with E-state index in [1.807, 2.05) is 18.2 Å². The smallest absolute Gasteiger partial charge is 0.244 e. The van der Waals surface area contributed by atoms with Crippen LogP contribution in [-0.4, -0.2) is 50.5 Å². The first-order valence-electron chi connectivity index (χ1n) is 11.8. The number of halogens is 3. The minimum atomic E-state index is -4.01. The average Bonchev–Trinajstić information content (AvgIpc) is 2.87. The van der Waals surface area contributed by atoms with Crippen molar-refractivity contribution in [3.63, 3.8) is 0 Å². The molecule has 3 rings (SSSR count). The summed E-state index contributed by atoms with van der Waals surface area (Å²) in [6.07, 6.45) is 1.06. The van der Waals surface area contributed by atoms with E-state index in [1.165, 1.54) is 41.3 Å². The zero-order chi connectivity index (χ0) is 27.9. The van der Waals surface area contributed by atoms with E-state index in [0.29, 0.717) is 6.54 Å². The van der Waals surface area contributed by atoms with Gasteiger partial charge in [-0.05, 0) is 36.8 Å². The van der Waals surface area contributed by atoms with Crippen LogP contribution >= 0.6 is 23.2 Å². The predicted octanol–water partition coefficient (Wildman–Crippen LogP) is 4.67. The first kappa shape index (κ1) is 29.4. The molecule has 0 radical (unpaired) electrons. The highest BCUT2D eigenvalue weighted by atomic mass is 35.5. The van der Waals surface area contributed by atoms with E-state index in [0.717, 1.165) is 16.1 Å². The van der Waals surface area contributed by atoms with Gasteiger partial charge in [0.1, 0.15) is 18.4 Å². The summed E-state index contributed by atoms with van der Waals surface area (Å²) in [4.78, 5) is 28.3. The summed E-state index contributed by atoms with van der Waals surface area (Å²) in [5.74, 6) is -1.73. The molecule has 3 aromatic rings. The van der Waals surface area contributed by atoms with E-state index in [4.69, 9.17) is 23.2 Å². The van der Waals surface area contributed by atoms with Crippen LogP contribution in [0.25, 0.3) is 0 Å². The van der Waals surface area contributed by atoms with Crippen molar-refractivity contribution in [1.29, 1.82) is 0 Å². The average molecular weight is 581 g/mol. The number of amides is 2. The highest BCUT2D eigenvalue weighted by molar-refractivity contribution is 7.92. The van der Waals surface area contributed by atoms with Crippen molar-refractivity contribution < 1.29 is 22.4 Å². The lowest BCUT2D eigenvalue weighted by molar-refractivity contribution is -0.140. The Labute approximate surface area is 232 Å². The Morgan fingerprint density at radius 3 is 2.29 bits per heavy atom. The van der Waals surface area contributed by atoms with Crippen LogP contribution in [0.15, 0.2) is 72.8 Å². The Balaban J connectivity index is 2.08. The minimum Gasteiger partial charge on any atom is -0.355 e. The molecule has 0 aromatic heterocycles. The Bertz CT molecular complexity index is 1390. The van der Waals surface area contributed by atoms with Crippen LogP contribution in [0.3, 0.4) is 0 Å². The molecule has 0 aliphatic carbocycles. The molecule has 0 fully saturated rings. The van der Waals surface area contributed by atoms with Crippen LogP contribution < -0.4 is 9.62 Å². The third kappa shape index (κ3) is 7.69. The Kier molecular flexibility index (Phi) is 10.1. The van der Waals surface area contributed by atoms with Gasteiger partial charge in [0.2, 0.25) is 21.8 Å². The molecule has 0 saturated heterocycles. The third-order valence-electron chi connectivity index (χ3n) is 5.78. The predicted molar refractivity (Wildman–Crippen MR) is 148 cm³/mol. The highest BCUT2D eigenvalue weighted by Gasteiger charge is 2.33. The van der Waals surface area contributed by atoms with Crippen LogP contribution in [-0.2, 0) is 32.6 Å². The Hall–Kier alpha value is -3.14. The zero-order valence-corrected chi connectivity index (χ0v) is 23.2. The van der Waals surface area contributed by atoms with Gasteiger partial charge < -0.3 is 10.2 Å². The van der Waals surface area contributed by atoms with Crippen molar-refractivity contribution >= 4 is 50.7 Å². The lowest BCUT2D eigenvalue weighted by Gasteiger charge is -2.33. The Morgan fingerprint density at radius 2 is 1.66 bits per heavy atom. The number of nitrogens with one attached hydrogen (secondary N) is 1. The lowest BCUT2D eigenvalue weighted by atomic mass is 10.0. The number of benzene rings is 3. The lowest BCUT2D eigenvalue weighted by Crippen LogP contribution is -2.53. The van der Waals surface area contributed by atoms with Crippen LogP contribution in [0.1, 0.15) is 18.1 Å². The number of rotatable bonds is 11. The fourth-order valence-corrected chi connectivity index (χ4v) is 5.22. The largest absolute Gasteiger partial charge is 0.355 e. The molecule has 0 aliphatic heterocycles. The summed E-state index contributed by atoms with van der Waals surface area (Å²) >= 11 is 12.4. The van der Waals surface area contributed by atoms with Crippen molar-refractivity contribution in [3.8, 4) is 0 Å². The maximum absolute atomic E-state index is 14.7. The number of anilines is 1. The van der Waals surface area contributed by atoms with Crippen molar-refractivity contribution in [3.05, 3.63) is 99.8 Å². The molecule has 2 amide bonds. The van der Waals surface area contributed by atoms with E-state index in [9.17, 15) is 22.4 Å². The van der Waals surface area contributed by atoms with Crippen LogP contribution in [0.2, 0.25) is 10.0 Å².